The van der Waals surface area contributed by atoms with E-state index in [0.717, 1.165) is 32.0 Å². The van der Waals surface area contributed by atoms with Crippen LogP contribution < -0.4 is 10.2 Å². The van der Waals surface area contributed by atoms with E-state index in [-0.39, 0.29) is 0 Å². The topological polar surface area (TPSA) is 28.2 Å². The predicted molar refractivity (Wildman–Crippen MR) is 74.3 cm³/mol. The molecule has 0 bridgehead atoms. The average Bonchev–Trinajstić information content (AvgIpc) is 2.32. The van der Waals surface area contributed by atoms with Gasteiger partial charge in [0.25, 0.3) is 0 Å². The van der Waals surface area contributed by atoms with E-state index < -0.39 is 0 Å². The molecule has 96 valence electrons. The molecule has 0 saturated heterocycles. The Morgan fingerprint density at radius 2 is 2.00 bits per heavy atom. The molecule has 0 fully saturated rings. The maximum atomic E-state index is 4.50. The lowest BCUT2D eigenvalue weighted by atomic mass is 10.2. The Hall–Kier alpha value is -1.09. The first-order chi connectivity index (χ1) is 8.19. The molecule has 1 aromatic heterocycles. The van der Waals surface area contributed by atoms with E-state index in [2.05, 4.69) is 49.0 Å². The zero-order valence-electron chi connectivity index (χ0n) is 11.5. The van der Waals surface area contributed by atoms with E-state index in [1.165, 1.54) is 5.56 Å². The molecule has 0 aliphatic carbocycles. The van der Waals surface area contributed by atoms with Crippen molar-refractivity contribution in [3.05, 3.63) is 23.9 Å². The van der Waals surface area contributed by atoms with E-state index in [1.54, 1.807) is 0 Å². The summed E-state index contributed by atoms with van der Waals surface area (Å²) >= 11 is 0. The molecule has 1 heterocycles. The summed E-state index contributed by atoms with van der Waals surface area (Å²) in [4.78, 5) is 6.80. The van der Waals surface area contributed by atoms with Crippen LogP contribution in [0.4, 0.5) is 5.82 Å². The number of pyridine rings is 1. The normalized spacial score (nSPS) is 10.9. The highest BCUT2D eigenvalue weighted by molar-refractivity contribution is 5.46. The van der Waals surface area contributed by atoms with Crippen LogP contribution in [0.15, 0.2) is 18.3 Å². The SMILES string of the molecule is CCN(CC)c1ncccc1CNCC(C)C. The summed E-state index contributed by atoms with van der Waals surface area (Å²) in [6.45, 7) is 12.7. The van der Waals surface area contributed by atoms with Gasteiger partial charge in [0.1, 0.15) is 5.82 Å². The molecule has 1 N–H and O–H groups in total. The second kappa shape index (κ2) is 7.28. The summed E-state index contributed by atoms with van der Waals surface area (Å²) in [6, 6.07) is 4.17. The maximum absolute atomic E-state index is 4.50. The van der Waals surface area contributed by atoms with Crippen LogP contribution in [-0.4, -0.2) is 24.6 Å². The summed E-state index contributed by atoms with van der Waals surface area (Å²) in [5.41, 5.74) is 1.29. The predicted octanol–water partition coefficient (Wildman–Crippen LogP) is 2.67. The minimum absolute atomic E-state index is 0.684. The quantitative estimate of drug-likeness (QED) is 0.787. The van der Waals surface area contributed by atoms with E-state index in [0.29, 0.717) is 5.92 Å². The molecule has 1 aromatic rings. The summed E-state index contributed by atoms with van der Waals surface area (Å²) < 4.78 is 0. The molecule has 0 atom stereocenters. The Bertz CT molecular complexity index is 319. The van der Waals surface area contributed by atoms with Crippen LogP contribution in [0, 0.1) is 5.92 Å². The molecule has 0 amide bonds. The number of nitrogens with zero attached hydrogens (tertiary/aromatic N) is 2. The van der Waals surface area contributed by atoms with Gasteiger partial charge in [0.2, 0.25) is 0 Å². The van der Waals surface area contributed by atoms with Crippen molar-refractivity contribution in [2.75, 3.05) is 24.5 Å². The van der Waals surface area contributed by atoms with Crippen molar-refractivity contribution >= 4 is 5.82 Å². The van der Waals surface area contributed by atoms with Crippen LogP contribution in [0.25, 0.3) is 0 Å². The van der Waals surface area contributed by atoms with Gasteiger partial charge in [-0.2, -0.15) is 0 Å². The lowest BCUT2D eigenvalue weighted by Crippen LogP contribution is -2.26. The first-order valence-corrected chi connectivity index (χ1v) is 6.58. The van der Waals surface area contributed by atoms with Gasteiger partial charge in [-0.1, -0.05) is 19.9 Å². The number of hydrogen-bond donors (Lipinski definition) is 1. The maximum Gasteiger partial charge on any atom is 0.132 e. The van der Waals surface area contributed by atoms with Gasteiger partial charge < -0.3 is 10.2 Å². The molecule has 0 radical (unpaired) electrons. The third kappa shape index (κ3) is 4.35. The van der Waals surface area contributed by atoms with Crippen molar-refractivity contribution in [2.45, 2.75) is 34.2 Å². The molecule has 0 aromatic carbocycles. The van der Waals surface area contributed by atoms with Crippen molar-refractivity contribution in [2.24, 2.45) is 5.92 Å². The molecule has 0 spiro atoms. The summed E-state index contributed by atoms with van der Waals surface area (Å²) in [7, 11) is 0. The molecule has 0 unspecified atom stereocenters. The highest BCUT2D eigenvalue weighted by atomic mass is 15.2. The van der Waals surface area contributed by atoms with Gasteiger partial charge in [0.15, 0.2) is 0 Å². The number of hydrogen-bond acceptors (Lipinski definition) is 3. The fourth-order valence-electron chi connectivity index (χ4n) is 1.87. The summed E-state index contributed by atoms with van der Waals surface area (Å²) in [6.07, 6.45) is 1.87. The monoisotopic (exact) mass is 235 g/mol. The first-order valence-electron chi connectivity index (χ1n) is 6.58. The van der Waals surface area contributed by atoms with Crippen molar-refractivity contribution < 1.29 is 0 Å². The molecular formula is C14H25N3. The highest BCUT2D eigenvalue weighted by Gasteiger charge is 2.08. The van der Waals surface area contributed by atoms with E-state index in [9.17, 15) is 0 Å². The van der Waals surface area contributed by atoms with Gasteiger partial charge in [0, 0.05) is 31.4 Å². The van der Waals surface area contributed by atoms with Crippen LogP contribution in [0.3, 0.4) is 0 Å². The van der Waals surface area contributed by atoms with Crippen LogP contribution in [0.1, 0.15) is 33.3 Å². The van der Waals surface area contributed by atoms with E-state index >= 15 is 0 Å². The third-order valence-corrected chi connectivity index (χ3v) is 2.80. The summed E-state index contributed by atoms with van der Waals surface area (Å²) in [5.74, 6) is 1.80. The molecule has 0 aliphatic heterocycles. The molecule has 0 aliphatic rings. The van der Waals surface area contributed by atoms with Crippen molar-refractivity contribution in [1.29, 1.82) is 0 Å². The van der Waals surface area contributed by atoms with Crippen LogP contribution in [0.2, 0.25) is 0 Å². The average molecular weight is 235 g/mol. The van der Waals surface area contributed by atoms with E-state index in [4.69, 9.17) is 0 Å². The fourth-order valence-corrected chi connectivity index (χ4v) is 1.87. The molecule has 0 saturated carbocycles. The van der Waals surface area contributed by atoms with Crippen molar-refractivity contribution in [3.8, 4) is 0 Å². The Kier molecular flexibility index (Phi) is 5.98. The van der Waals surface area contributed by atoms with E-state index in [1.807, 2.05) is 12.3 Å². The van der Waals surface area contributed by atoms with Crippen molar-refractivity contribution in [3.63, 3.8) is 0 Å². The van der Waals surface area contributed by atoms with Crippen LogP contribution in [-0.2, 0) is 6.54 Å². The number of aromatic nitrogens is 1. The van der Waals surface area contributed by atoms with Crippen LogP contribution in [0.5, 0.6) is 0 Å². The molecule has 3 heteroatoms. The number of nitrogens with one attached hydrogen (secondary N) is 1. The second-order valence-electron chi connectivity index (χ2n) is 4.68. The minimum Gasteiger partial charge on any atom is -0.357 e. The van der Waals surface area contributed by atoms with Gasteiger partial charge in [-0.15, -0.1) is 0 Å². The van der Waals surface area contributed by atoms with Gasteiger partial charge in [0.05, 0.1) is 0 Å². The zero-order valence-corrected chi connectivity index (χ0v) is 11.5. The molecule has 17 heavy (non-hydrogen) atoms. The number of rotatable bonds is 7. The Morgan fingerprint density at radius 1 is 1.29 bits per heavy atom. The van der Waals surface area contributed by atoms with Gasteiger partial charge in [-0.25, -0.2) is 4.98 Å². The second-order valence-corrected chi connectivity index (χ2v) is 4.68. The highest BCUT2D eigenvalue weighted by Crippen LogP contribution is 2.16. The minimum atomic E-state index is 0.684. The standard InChI is InChI=1S/C14H25N3/c1-5-17(6-2)14-13(8-7-9-16-14)11-15-10-12(3)4/h7-9,12,15H,5-6,10-11H2,1-4H3. The Morgan fingerprint density at radius 3 is 2.59 bits per heavy atom. The first kappa shape index (κ1) is 14.0. The molecular weight excluding hydrogens is 210 g/mol. The Labute approximate surface area is 105 Å². The number of anilines is 1. The van der Waals surface area contributed by atoms with Crippen molar-refractivity contribution in [1.82, 2.24) is 10.3 Å². The fraction of sp³-hybridized carbons (Fsp3) is 0.643. The lowest BCUT2D eigenvalue weighted by molar-refractivity contribution is 0.551. The zero-order chi connectivity index (χ0) is 12.7. The summed E-state index contributed by atoms with van der Waals surface area (Å²) in [5, 5.41) is 3.48. The van der Waals surface area contributed by atoms with Gasteiger partial charge in [-0.05, 0) is 32.4 Å². The molecule has 3 nitrogen and oxygen atoms in total. The van der Waals surface area contributed by atoms with Crippen LogP contribution >= 0.6 is 0 Å². The smallest absolute Gasteiger partial charge is 0.132 e. The van der Waals surface area contributed by atoms with Gasteiger partial charge >= 0.3 is 0 Å². The third-order valence-electron chi connectivity index (χ3n) is 2.80. The largest absolute Gasteiger partial charge is 0.357 e. The Balaban J connectivity index is 2.70. The van der Waals surface area contributed by atoms with Gasteiger partial charge in [-0.3, -0.25) is 0 Å². The lowest BCUT2D eigenvalue weighted by Gasteiger charge is -2.22. The molecule has 1 rings (SSSR count).